The van der Waals surface area contributed by atoms with Gasteiger partial charge < -0.3 is 72.4 Å². The number of hydrogen-bond donors (Lipinski definition) is 9. The number of rotatable bonds is 27. The number of carbonyl (C=O) groups excluding carboxylic acids is 3. The Bertz CT molecular complexity index is 2730. The number of anilines is 1. The fraction of sp³-hybridized carbons (Fsp3) is 0.521. The van der Waals surface area contributed by atoms with E-state index in [0.29, 0.717) is 43.1 Å². The van der Waals surface area contributed by atoms with E-state index in [1.165, 1.54) is 47.8 Å². The first-order valence-electron chi connectivity index (χ1n) is 23.6. The van der Waals surface area contributed by atoms with Crippen LogP contribution in [-0.4, -0.2) is 168 Å². The van der Waals surface area contributed by atoms with Crippen LogP contribution in [0.1, 0.15) is 49.4 Å². The van der Waals surface area contributed by atoms with Crippen LogP contribution in [0.25, 0.3) is 16.9 Å². The summed E-state index contributed by atoms with van der Waals surface area (Å²) in [6.07, 6.45) is -15.6. The van der Waals surface area contributed by atoms with E-state index in [9.17, 15) is 71.4 Å². The first-order valence-corrected chi connectivity index (χ1v) is 25.1. The number of aromatic nitrogens is 3. The summed E-state index contributed by atoms with van der Waals surface area (Å²) in [6.45, 7) is 2.23. The summed E-state index contributed by atoms with van der Waals surface area (Å²) >= 11 is 0. The van der Waals surface area contributed by atoms with E-state index in [0.717, 1.165) is 12.1 Å². The number of Topliss-reactive ketones (excluding diaryl/α,β-unsaturated/α-hetero) is 1. The zero-order chi connectivity index (χ0) is 54.6. The number of carbonyl (C=O) groups is 4. The number of alkyl halides is 3. The number of aliphatic hydroxyl groups is 5. The Hall–Kier alpha value is -5.76. The van der Waals surface area contributed by atoms with E-state index in [1.807, 2.05) is 0 Å². The number of nitrogens with two attached hydrogens (primary N) is 1. The van der Waals surface area contributed by atoms with Crippen molar-refractivity contribution in [1.82, 2.24) is 14.9 Å². The topological polar surface area (TPSA) is 350 Å². The van der Waals surface area contributed by atoms with Crippen LogP contribution < -0.4 is 25.1 Å². The van der Waals surface area contributed by atoms with E-state index in [2.05, 4.69) is 19.9 Å². The van der Waals surface area contributed by atoms with Gasteiger partial charge >= 0.3 is 28.1 Å². The molecule has 2 fully saturated rings. The molecule has 2 aliphatic rings. The Morgan fingerprint density at radius 1 is 0.842 bits per heavy atom. The van der Waals surface area contributed by atoms with Crippen molar-refractivity contribution in [3.63, 3.8) is 0 Å². The Kier molecular flexibility index (Phi) is 22.1. The van der Waals surface area contributed by atoms with Crippen LogP contribution in [0.3, 0.4) is 0 Å². The van der Waals surface area contributed by atoms with Crippen LogP contribution >= 0.6 is 0 Å². The van der Waals surface area contributed by atoms with Gasteiger partial charge in [0, 0.05) is 49.8 Å². The molecule has 420 valence electrons. The van der Waals surface area contributed by atoms with Crippen molar-refractivity contribution in [2.24, 2.45) is 17.0 Å². The Morgan fingerprint density at radius 3 is 2.17 bits per heavy atom. The predicted octanol–water partition coefficient (Wildman–Crippen LogP) is 0.0615. The molecule has 0 spiro atoms. The third kappa shape index (κ3) is 17.1. The zero-order valence-corrected chi connectivity index (χ0v) is 42.2. The second kappa shape index (κ2) is 27.5. The smallest absolute Gasteiger partial charge is 0.416 e. The van der Waals surface area contributed by atoms with E-state index in [-0.39, 0.29) is 94.5 Å². The summed E-state index contributed by atoms with van der Waals surface area (Å²) in [5.74, 6) is -4.41. The molecule has 2 amide bonds. The lowest BCUT2D eigenvalue weighted by Crippen LogP contribution is -2.61. The molecule has 2 aromatic carbocycles. The van der Waals surface area contributed by atoms with Gasteiger partial charge in [-0.25, -0.2) is 14.5 Å². The minimum atomic E-state index is -4.68. The summed E-state index contributed by atoms with van der Waals surface area (Å²) < 4.78 is 99.4. The molecule has 1 saturated heterocycles. The van der Waals surface area contributed by atoms with Crippen molar-refractivity contribution in [3.8, 4) is 17.0 Å². The molecule has 0 bridgehead atoms. The Morgan fingerprint density at radius 2 is 1.51 bits per heavy atom. The first-order chi connectivity index (χ1) is 35.5. The first kappa shape index (κ1) is 61.1. The highest BCUT2D eigenvalue weighted by atomic mass is 32.2. The molecule has 1 aliphatic heterocycles. The number of nitrogens with one attached hydrogen (secondary N) is 2. The van der Waals surface area contributed by atoms with Gasteiger partial charge in [-0.1, -0.05) is 23.3 Å². The number of carboxylic acid groups (broad SMARTS) is 1. The SMILES string of the molecule is CC(=O)CCOCCOCCOCCC(=O)NCCC(=O)Nc1cc(C[n+]2ccc(C[C@@H]3C[C@H](COS(N)(=O)=O)[C@@H](O)[C@H]3O)n3nc(-c4cccc(C(F)(F)F)c4)cc32)ccc1O[C@@H]1O[C@H](C(=O)O)[C@@H](O)[C@H](O)[C@H]1O.[CH3-]. The van der Waals surface area contributed by atoms with Crippen molar-refractivity contribution in [2.75, 3.05) is 58.1 Å². The molecular weight excluding hydrogens is 1040 g/mol. The lowest BCUT2D eigenvalue weighted by Gasteiger charge is -2.38. The lowest BCUT2D eigenvalue weighted by molar-refractivity contribution is -0.665. The highest BCUT2D eigenvalue weighted by Crippen LogP contribution is 2.36. The van der Waals surface area contributed by atoms with Crippen molar-refractivity contribution >= 4 is 45.2 Å². The summed E-state index contributed by atoms with van der Waals surface area (Å²) in [6, 6.07) is 11.9. The maximum absolute atomic E-state index is 13.8. The van der Waals surface area contributed by atoms with E-state index >= 15 is 0 Å². The number of aliphatic carboxylic acids is 1. The molecule has 2 aromatic heterocycles. The molecule has 9 atom stereocenters. The number of amides is 2. The average Bonchev–Trinajstić information content (AvgIpc) is 3.92. The predicted molar refractivity (Wildman–Crippen MR) is 258 cm³/mol. The third-order valence-electron chi connectivity index (χ3n) is 12.2. The maximum Gasteiger partial charge on any atom is 0.416 e. The van der Waals surface area contributed by atoms with Crippen molar-refractivity contribution in [3.05, 3.63) is 85.0 Å². The molecule has 4 aromatic rings. The molecular formula is C48H63F3N6O18S. The summed E-state index contributed by atoms with van der Waals surface area (Å²) in [5, 5.41) is 77.7. The van der Waals surface area contributed by atoms with Crippen molar-refractivity contribution in [1.29, 1.82) is 0 Å². The van der Waals surface area contributed by atoms with Gasteiger partial charge in [0.25, 0.3) is 0 Å². The zero-order valence-electron chi connectivity index (χ0n) is 41.4. The Balaban J connectivity index is 0.0000107. The minimum Gasteiger partial charge on any atom is -0.479 e. The monoisotopic (exact) mass is 1100 g/mol. The van der Waals surface area contributed by atoms with E-state index < -0.39 is 101 Å². The fourth-order valence-electron chi connectivity index (χ4n) is 8.33. The van der Waals surface area contributed by atoms with Gasteiger partial charge in [0.05, 0.1) is 82.0 Å². The number of hydrogen-bond acceptors (Lipinski definition) is 18. The number of ether oxygens (including phenoxy) is 5. The van der Waals surface area contributed by atoms with Crippen LogP contribution in [0.5, 0.6) is 5.75 Å². The van der Waals surface area contributed by atoms with Crippen LogP contribution in [0.4, 0.5) is 18.9 Å². The number of carboxylic acids is 1. The van der Waals surface area contributed by atoms with E-state index in [1.54, 1.807) is 16.8 Å². The van der Waals surface area contributed by atoms with Gasteiger partial charge in [-0.3, -0.25) is 18.6 Å². The number of halogens is 3. The number of ketones is 1. The highest BCUT2D eigenvalue weighted by Gasteiger charge is 2.48. The fourth-order valence-corrected chi connectivity index (χ4v) is 8.69. The summed E-state index contributed by atoms with van der Waals surface area (Å²) in [5.41, 5.74) is 0.422. The standard InChI is InChI=1S/C47H59F3N6O18S.CH3/c1-26(57)9-13-69-15-17-71-18-16-70-14-10-36(58)52-11-7-37(59)53-34-19-27(5-6-35(34)73-46-43(64)41(62)42(63)44(74-46)45(65)66)24-55-12-8-32(22-29-20-30(40(61)39(29)60)25-72-75(51,67)68)56-38(55)23-33(54-56)28-3-2-4-31(21-28)47(48,49)50;/h2-6,8,12,19,21,23,29-30,39-44,46,60-64H,7,9-11,13-18,20,22,24-25H2,1H3,(H4-,51,52,53,58,59,65,66,67,68);1H3/q;-1/p+1/t29-,30+,39-,40+,41-,42-,43+,44-,46+;/m0./s1. The summed E-state index contributed by atoms with van der Waals surface area (Å²) in [7, 11) is -4.36. The molecule has 24 nitrogen and oxygen atoms in total. The van der Waals surface area contributed by atoms with Crippen molar-refractivity contribution in [2.45, 2.75) is 94.7 Å². The molecule has 28 heteroatoms. The summed E-state index contributed by atoms with van der Waals surface area (Å²) in [4.78, 5) is 48.7. The third-order valence-corrected chi connectivity index (χ3v) is 12.7. The molecule has 1 saturated carbocycles. The molecule has 1 aliphatic carbocycles. The molecule has 76 heavy (non-hydrogen) atoms. The maximum atomic E-state index is 13.8. The van der Waals surface area contributed by atoms with Gasteiger partial charge in [-0.2, -0.15) is 21.6 Å². The van der Waals surface area contributed by atoms with Gasteiger partial charge in [-0.05, 0) is 49.1 Å². The van der Waals surface area contributed by atoms with Gasteiger partial charge in [0.2, 0.25) is 18.1 Å². The Labute approximate surface area is 434 Å². The van der Waals surface area contributed by atoms with Crippen molar-refractivity contribution < 1.29 is 104 Å². The number of fused-ring (bicyclic) bond motifs is 1. The van der Waals surface area contributed by atoms with Gasteiger partial charge in [-0.15, -0.1) is 4.52 Å². The van der Waals surface area contributed by atoms with Crippen LogP contribution in [0, 0.1) is 19.3 Å². The van der Waals surface area contributed by atoms with Crippen LogP contribution in [0.15, 0.2) is 60.8 Å². The van der Waals surface area contributed by atoms with Crippen LogP contribution in [-0.2, 0) is 71.8 Å². The number of benzene rings is 2. The minimum absolute atomic E-state index is 0. The van der Waals surface area contributed by atoms with Gasteiger partial charge in [0.15, 0.2) is 6.10 Å². The van der Waals surface area contributed by atoms with Crippen LogP contribution in [0.2, 0.25) is 0 Å². The number of nitrogens with zero attached hydrogens (tertiary/aromatic N) is 3. The second-order valence-corrected chi connectivity index (χ2v) is 19.1. The van der Waals surface area contributed by atoms with Gasteiger partial charge in [0.1, 0.15) is 47.8 Å². The normalized spacial score (nSPS) is 22.7. The second-order valence-electron chi connectivity index (χ2n) is 17.9. The molecule has 0 radical (unpaired) electrons. The lowest BCUT2D eigenvalue weighted by atomic mass is 9.98. The van der Waals surface area contributed by atoms with E-state index in [4.69, 9.17) is 28.8 Å². The molecule has 3 heterocycles. The quantitative estimate of drug-likeness (QED) is 0.0217. The average molecular weight is 1100 g/mol. The molecule has 6 rings (SSSR count). The molecule has 0 unspecified atom stereocenters. The molecule has 10 N–H and O–H groups in total. The number of aliphatic hydroxyl groups excluding tert-OH is 5. The highest BCUT2D eigenvalue weighted by molar-refractivity contribution is 7.84. The largest absolute Gasteiger partial charge is 0.479 e.